The van der Waals surface area contributed by atoms with Gasteiger partial charge in [0.2, 0.25) is 5.91 Å². The first-order valence-corrected chi connectivity index (χ1v) is 6.25. The van der Waals surface area contributed by atoms with Gasteiger partial charge in [-0.2, -0.15) is 0 Å². The van der Waals surface area contributed by atoms with Crippen molar-refractivity contribution in [1.82, 2.24) is 4.90 Å². The minimum Gasteiger partial charge on any atom is -0.348 e. The number of rotatable bonds is 3. The molecule has 0 saturated carbocycles. The maximum atomic E-state index is 11.8. The van der Waals surface area contributed by atoms with Gasteiger partial charge in [0.15, 0.2) is 0 Å². The topological polar surface area (TPSA) is 20.3 Å². The molecule has 1 atom stereocenters. The average molecular weight is 317 g/mol. The lowest BCUT2D eigenvalue weighted by molar-refractivity contribution is -0.127. The Morgan fingerprint density at radius 2 is 2.13 bits per heavy atom. The van der Waals surface area contributed by atoms with E-state index in [0.717, 1.165) is 12.0 Å². The summed E-state index contributed by atoms with van der Waals surface area (Å²) in [6.45, 7) is 2.12. The summed E-state index contributed by atoms with van der Waals surface area (Å²) in [6, 6.07) is 8.23. The van der Waals surface area contributed by atoms with E-state index in [1.54, 1.807) is 19.0 Å². The summed E-state index contributed by atoms with van der Waals surface area (Å²) >= 11 is 2.19. The van der Waals surface area contributed by atoms with Crippen LogP contribution < -0.4 is 0 Å². The number of carbonyl (C=O) groups is 1. The van der Waals surface area contributed by atoms with Crippen LogP contribution in [0, 0.1) is 0 Å². The van der Waals surface area contributed by atoms with Crippen molar-refractivity contribution in [3.05, 3.63) is 35.4 Å². The van der Waals surface area contributed by atoms with Crippen molar-refractivity contribution in [2.24, 2.45) is 0 Å². The molecule has 1 aromatic carbocycles. The fourth-order valence-electron chi connectivity index (χ4n) is 1.34. The second kappa shape index (κ2) is 5.49. The molecule has 0 N–H and O–H groups in total. The summed E-state index contributed by atoms with van der Waals surface area (Å²) in [6.07, 6.45) is 1.01. The molecule has 0 aliphatic heterocycles. The molecule has 0 aliphatic rings. The van der Waals surface area contributed by atoms with Crippen LogP contribution in [0.3, 0.4) is 0 Å². The molecule has 82 valence electrons. The van der Waals surface area contributed by atoms with Crippen LogP contribution in [-0.4, -0.2) is 24.9 Å². The monoisotopic (exact) mass is 317 g/mol. The Hall–Kier alpha value is -0.580. The summed E-state index contributed by atoms with van der Waals surface area (Å²) in [4.78, 5) is 13.4. The fourth-order valence-corrected chi connectivity index (χ4v) is 2.28. The van der Waals surface area contributed by atoms with Crippen molar-refractivity contribution in [2.45, 2.75) is 17.3 Å². The van der Waals surface area contributed by atoms with Crippen LogP contribution in [0.4, 0.5) is 0 Å². The van der Waals surface area contributed by atoms with E-state index >= 15 is 0 Å². The van der Waals surface area contributed by atoms with Crippen molar-refractivity contribution in [3.63, 3.8) is 0 Å². The molecule has 1 aromatic rings. The van der Waals surface area contributed by atoms with Gasteiger partial charge in [-0.3, -0.25) is 4.79 Å². The standard InChI is InChI=1S/C12H16INO/c1-4-9-6-5-7-10(8-9)11(13)12(15)14(2)3/h5-8,11H,4H2,1-3H3. The van der Waals surface area contributed by atoms with Crippen LogP contribution in [0.5, 0.6) is 0 Å². The maximum absolute atomic E-state index is 11.8. The van der Waals surface area contributed by atoms with Gasteiger partial charge in [-0.05, 0) is 17.5 Å². The number of nitrogens with zero attached hydrogens (tertiary/aromatic N) is 1. The third-order valence-electron chi connectivity index (χ3n) is 2.31. The first-order valence-electron chi connectivity index (χ1n) is 5.00. The van der Waals surface area contributed by atoms with Crippen LogP contribution in [0.2, 0.25) is 0 Å². The number of hydrogen-bond acceptors (Lipinski definition) is 1. The van der Waals surface area contributed by atoms with Gasteiger partial charge in [0.05, 0.1) is 0 Å². The number of aryl methyl sites for hydroxylation is 1. The predicted octanol–water partition coefficient (Wildman–Crippen LogP) is 2.81. The van der Waals surface area contributed by atoms with E-state index in [9.17, 15) is 4.79 Å². The number of amides is 1. The van der Waals surface area contributed by atoms with Gasteiger partial charge in [-0.1, -0.05) is 53.8 Å². The van der Waals surface area contributed by atoms with Gasteiger partial charge in [0.25, 0.3) is 0 Å². The largest absolute Gasteiger partial charge is 0.348 e. The van der Waals surface area contributed by atoms with Gasteiger partial charge < -0.3 is 4.90 Å². The van der Waals surface area contributed by atoms with E-state index in [2.05, 4.69) is 41.6 Å². The fraction of sp³-hybridized carbons (Fsp3) is 0.417. The van der Waals surface area contributed by atoms with Gasteiger partial charge in [0.1, 0.15) is 3.92 Å². The summed E-state index contributed by atoms with van der Waals surface area (Å²) in [7, 11) is 3.58. The molecule has 1 amide bonds. The Morgan fingerprint density at radius 3 is 2.67 bits per heavy atom. The van der Waals surface area contributed by atoms with E-state index in [4.69, 9.17) is 0 Å². The quantitative estimate of drug-likeness (QED) is 0.620. The van der Waals surface area contributed by atoms with Crippen LogP contribution in [0.1, 0.15) is 22.0 Å². The summed E-state index contributed by atoms with van der Waals surface area (Å²) in [5.41, 5.74) is 2.37. The van der Waals surface area contributed by atoms with E-state index in [0.29, 0.717) is 0 Å². The van der Waals surface area contributed by atoms with E-state index < -0.39 is 0 Å². The zero-order valence-corrected chi connectivity index (χ0v) is 11.5. The van der Waals surface area contributed by atoms with Crippen LogP contribution >= 0.6 is 22.6 Å². The van der Waals surface area contributed by atoms with Crippen molar-refractivity contribution >= 4 is 28.5 Å². The lowest BCUT2D eigenvalue weighted by Gasteiger charge is -2.16. The van der Waals surface area contributed by atoms with Crippen molar-refractivity contribution in [2.75, 3.05) is 14.1 Å². The highest BCUT2D eigenvalue weighted by atomic mass is 127. The normalized spacial score (nSPS) is 12.3. The molecule has 1 unspecified atom stereocenters. The maximum Gasteiger partial charge on any atom is 0.239 e. The van der Waals surface area contributed by atoms with Crippen LogP contribution in [0.15, 0.2) is 24.3 Å². The Bertz CT molecular complexity index is 349. The summed E-state index contributed by atoms with van der Waals surface area (Å²) in [5.74, 6) is 0.142. The first-order chi connectivity index (χ1) is 7.06. The lowest BCUT2D eigenvalue weighted by Crippen LogP contribution is -2.25. The molecular formula is C12H16INO. The molecule has 15 heavy (non-hydrogen) atoms. The second-order valence-corrected chi connectivity index (χ2v) is 4.94. The highest BCUT2D eigenvalue weighted by molar-refractivity contribution is 14.1. The number of likely N-dealkylation sites (N-methyl/N-ethyl adjacent to an activating group) is 1. The molecule has 1 rings (SSSR count). The lowest BCUT2D eigenvalue weighted by atomic mass is 10.1. The molecule has 0 saturated heterocycles. The molecule has 0 aromatic heterocycles. The molecule has 0 bridgehead atoms. The zero-order valence-electron chi connectivity index (χ0n) is 9.33. The zero-order chi connectivity index (χ0) is 11.4. The number of halogens is 1. The highest BCUT2D eigenvalue weighted by Crippen LogP contribution is 2.25. The molecule has 0 spiro atoms. The third kappa shape index (κ3) is 3.19. The SMILES string of the molecule is CCc1cccc(C(I)C(=O)N(C)C)c1. The van der Waals surface area contributed by atoms with Gasteiger partial charge in [-0.15, -0.1) is 0 Å². The Kier molecular flexibility index (Phi) is 4.57. The van der Waals surface area contributed by atoms with E-state index in [1.807, 2.05) is 12.1 Å². The van der Waals surface area contributed by atoms with Crippen molar-refractivity contribution in [1.29, 1.82) is 0 Å². The van der Waals surface area contributed by atoms with Gasteiger partial charge >= 0.3 is 0 Å². The minimum absolute atomic E-state index is 0.0795. The number of alkyl halides is 1. The molecule has 0 aliphatic carbocycles. The molecule has 0 radical (unpaired) electrons. The van der Waals surface area contributed by atoms with Gasteiger partial charge in [-0.25, -0.2) is 0 Å². The van der Waals surface area contributed by atoms with Gasteiger partial charge in [0, 0.05) is 14.1 Å². The van der Waals surface area contributed by atoms with Crippen LogP contribution in [0.25, 0.3) is 0 Å². The van der Waals surface area contributed by atoms with E-state index in [1.165, 1.54) is 5.56 Å². The average Bonchev–Trinajstić information content (AvgIpc) is 2.27. The number of carbonyl (C=O) groups excluding carboxylic acids is 1. The predicted molar refractivity (Wildman–Crippen MR) is 71.3 cm³/mol. The Morgan fingerprint density at radius 1 is 1.47 bits per heavy atom. The Balaban J connectivity index is 2.90. The molecule has 2 nitrogen and oxygen atoms in total. The van der Waals surface area contributed by atoms with Crippen molar-refractivity contribution < 1.29 is 4.79 Å². The molecular weight excluding hydrogens is 301 g/mol. The minimum atomic E-state index is -0.0795. The summed E-state index contributed by atoms with van der Waals surface area (Å²) in [5, 5.41) is 0. The van der Waals surface area contributed by atoms with Crippen molar-refractivity contribution in [3.8, 4) is 0 Å². The molecule has 3 heteroatoms. The Labute approximate surface area is 105 Å². The second-order valence-electron chi connectivity index (χ2n) is 3.69. The third-order valence-corrected chi connectivity index (χ3v) is 3.56. The number of benzene rings is 1. The smallest absolute Gasteiger partial charge is 0.239 e. The first kappa shape index (κ1) is 12.5. The highest BCUT2D eigenvalue weighted by Gasteiger charge is 2.18. The molecule has 0 fully saturated rings. The van der Waals surface area contributed by atoms with E-state index in [-0.39, 0.29) is 9.83 Å². The molecule has 0 heterocycles. The van der Waals surface area contributed by atoms with Crippen LogP contribution in [-0.2, 0) is 11.2 Å². The summed E-state index contributed by atoms with van der Waals surface area (Å²) < 4.78 is -0.0795. The number of hydrogen-bond donors (Lipinski definition) is 0.